The van der Waals surface area contributed by atoms with Crippen molar-refractivity contribution in [2.75, 3.05) is 18.1 Å². The third-order valence-electron chi connectivity index (χ3n) is 2.74. The lowest BCUT2D eigenvalue weighted by molar-refractivity contribution is 0.630. The van der Waals surface area contributed by atoms with Gasteiger partial charge in [0.15, 0.2) is 5.13 Å². The van der Waals surface area contributed by atoms with E-state index in [1.807, 2.05) is 6.92 Å². The summed E-state index contributed by atoms with van der Waals surface area (Å²) in [6.07, 6.45) is 2.54. The highest BCUT2D eigenvalue weighted by molar-refractivity contribution is 7.84. The van der Waals surface area contributed by atoms with Crippen LogP contribution in [0.5, 0.6) is 0 Å². The van der Waals surface area contributed by atoms with Crippen LogP contribution in [0.15, 0.2) is 18.2 Å². The first-order valence-electron chi connectivity index (χ1n) is 5.68. The van der Waals surface area contributed by atoms with Crippen molar-refractivity contribution in [1.82, 2.24) is 4.98 Å². The SMILES string of the molecule is CC(CCNc1nc2ccc(F)cc2s1)S(C)=O. The Morgan fingerprint density at radius 1 is 1.56 bits per heavy atom. The number of rotatable bonds is 5. The number of fused-ring (bicyclic) bond motifs is 1. The molecule has 1 heterocycles. The molecule has 0 aliphatic heterocycles. The number of anilines is 1. The van der Waals surface area contributed by atoms with Crippen molar-refractivity contribution in [2.24, 2.45) is 0 Å². The van der Waals surface area contributed by atoms with Crippen LogP contribution < -0.4 is 5.32 Å². The summed E-state index contributed by atoms with van der Waals surface area (Å²) in [6.45, 7) is 2.69. The maximum Gasteiger partial charge on any atom is 0.183 e. The van der Waals surface area contributed by atoms with Gasteiger partial charge in [-0.3, -0.25) is 4.21 Å². The highest BCUT2D eigenvalue weighted by Crippen LogP contribution is 2.26. The topological polar surface area (TPSA) is 42.0 Å². The molecule has 0 aliphatic carbocycles. The van der Waals surface area contributed by atoms with Gasteiger partial charge in [0.2, 0.25) is 0 Å². The van der Waals surface area contributed by atoms with Gasteiger partial charge in [-0.15, -0.1) is 0 Å². The molecule has 3 nitrogen and oxygen atoms in total. The molecule has 6 heteroatoms. The fourth-order valence-electron chi connectivity index (χ4n) is 1.52. The largest absolute Gasteiger partial charge is 0.361 e. The van der Waals surface area contributed by atoms with Crippen molar-refractivity contribution in [1.29, 1.82) is 0 Å². The average Bonchev–Trinajstić information content (AvgIpc) is 2.70. The van der Waals surface area contributed by atoms with Crippen LogP contribution in [0.2, 0.25) is 0 Å². The summed E-state index contributed by atoms with van der Waals surface area (Å²) in [5.74, 6) is -0.243. The molecular formula is C12H15FN2OS2. The second-order valence-corrected chi connectivity index (χ2v) is 6.99. The van der Waals surface area contributed by atoms with Gasteiger partial charge < -0.3 is 5.32 Å². The number of halogens is 1. The lowest BCUT2D eigenvalue weighted by atomic mass is 10.3. The zero-order valence-corrected chi connectivity index (χ0v) is 11.9. The zero-order valence-electron chi connectivity index (χ0n) is 10.3. The molecule has 18 heavy (non-hydrogen) atoms. The number of hydrogen-bond acceptors (Lipinski definition) is 4. The molecule has 0 fully saturated rings. The first-order chi connectivity index (χ1) is 8.56. The van der Waals surface area contributed by atoms with Crippen molar-refractivity contribution in [3.63, 3.8) is 0 Å². The van der Waals surface area contributed by atoms with Crippen molar-refractivity contribution in [2.45, 2.75) is 18.6 Å². The Morgan fingerprint density at radius 2 is 2.33 bits per heavy atom. The van der Waals surface area contributed by atoms with Gasteiger partial charge in [0, 0.05) is 28.9 Å². The molecule has 0 radical (unpaired) electrons. The number of thiazole rings is 1. The number of hydrogen-bond donors (Lipinski definition) is 1. The third kappa shape index (κ3) is 3.26. The minimum atomic E-state index is -0.793. The highest BCUT2D eigenvalue weighted by Gasteiger charge is 2.07. The Kier molecular flexibility index (Phi) is 4.29. The Labute approximate surface area is 112 Å². The maximum atomic E-state index is 13.0. The minimum Gasteiger partial charge on any atom is -0.361 e. The molecule has 0 bridgehead atoms. The molecule has 2 unspecified atom stereocenters. The maximum absolute atomic E-state index is 13.0. The van der Waals surface area contributed by atoms with Crippen LogP contribution in [0.3, 0.4) is 0 Å². The van der Waals surface area contributed by atoms with Gasteiger partial charge in [0.1, 0.15) is 5.82 Å². The van der Waals surface area contributed by atoms with Crippen LogP contribution in [0.1, 0.15) is 13.3 Å². The van der Waals surface area contributed by atoms with Crippen molar-refractivity contribution in [3.05, 3.63) is 24.0 Å². The fraction of sp³-hybridized carbons (Fsp3) is 0.417. The minimum absolute atomic E-state index is 0.171. The van der Waals surface area contributed by atoms with Gasteiger partial charge in [-0.25, -0.2) is 9.37 Å². The molecule has 2 rings (SSSR count). The second kappa shape index (κ2) is 5.75. The second-order valence-electron chi connectivity index (χ2n) is 4.16. The highest BCUT2D eigenvalue weighted by atomic mass is 32.2. The van der Waals surface area contributed by atoms with Gasteiger partial charge in [-0.05, 0) is 24.6 Å². The molecule has 0 amide bonds. The molecule has 98 valence electrons. The molecule has 0 spiro atoms. The van der Waals surface area contributed by atoms with Crippen molar-refractivity contribution in [3.8, 4) is 0 Å². The number of nitrogens with one attached hydrogen (secondary N) is 1. The molecular weight excluding hydrogens is 271 g/mol. The van der Waals surface area contributed by atoms with E-state index in [1.165, 1.54) is 23.5 Å². The van der Waals surface area contributed by atoms with E-state index in [0.29, 0.717) is 0 Å². The normalized spacial score (nSPS) is 14.6. The van der Waals surface area contributed by atoms with Crippen molar-refractivity contribution < 1.29 is 8.60 Å². The molecule has 1 N–H and O–H groups in total. The third-order valence-corrected chi connectivity index (χ3v) is 5.09. The molecule has 1 aromatic heterocycles. The Morgan fingerprint density at radius 3 is 3.06 bits per heavy atom. The smallest absolute Gasteiger partial charge is 0.183 e. The molecule has 0 aliphatic rings. The number of benzene rings is 1. The van der Waals surface area contributed by atoms with E-state index in [4.69, 9.17) is 0 Å². The van der Waals surface area contributed by atoms with Gasteiger partial charge >= 0.3 is 0 Å². The summed E-state index contributed by atoms with van der Waals surface area (Å²) in [5, 5.41) is 4.14. The standard InChI is InChI=1S/C12H15FN2OS2/c1-8(18(2)16)5-6-14-12-15-10-4-3-9(13)7-11(10)17-12/h3-4,7-8H,5-6H2,1-2H3,(H,14,15). The first kappa shape index (κ1) is 13.4. The fourth-order valence-corrected chi connectivity index (χ4v) is 2.89. The zero-order chi connectivity index (χ0) is 13.1. The van der Waals surface area contributed by atoms with E-state index in [2.05, 4.69) is 10.3 Å². The van der Waals surface area contributed by atoms with Crippen LogP contribution in [-0.2, 0) is 10.8 Å². The Bertz CT molecular complexity index is 570. The van der Waals surface area contributed by atoms with E-state index >= 15 is 0 Å². The quantitative estimate of drug-likeness (QED) is 0.918. The molecule has 2 aromatic rings. The molecule has 2 atom stereocenters. The number of nitrogens with zero attached hydrogens (tertiary/aromatic N) is 1. The average molecular weight is 286 g/mol. The number of aromatic nitrogens is 1. The lowest BCUT2D eigenvalue weighted by Crippen LogP contribution is -2.14. The summed E-state index contributed by atoms with van der Waals surface area (Å²) in [6, 6.07) is 4.58. The van der Waals surface area contributed by atoms with Crippen LogP contribution in [0.25, 0.3) is 10.2 Å². The predicted molar refractivity (Wildman–Crippen MR) is 76.2 cm³/mol. The van der Waals surface area contributed by atoms with Gasteiger partial charge in [-0.2, -0.15) is 0 Å². The van der Waals surface area contributed by atoms with Crippen LogP contribution in [-0.4, -0.2) is 27.2 Å². The Balaban J connectivity index is 1.98. The first-order valence-corrected chi connectivity index (χ1v) is 8.12. The van der Waals surface area contributed by atoms with E-state index in [0.717, 1.165) is 28.3 Å². The molecule has 0 saturated heterocycles. The van der Waals surface area contributed by atoms with E-state index in [-0.39, 0.29) is 11.1 Å². The van der Waals surface area contributed by atoms with Gasteiger partial charge in [0.05, 0.1) is 10.2 Å². The molecule has 0 saturated carbocycles. The monoisotopic (exact) mass is 286 g/mol. The van der Waals surface area contributed by atoms with Gasteiger partial charge in [0.25, 0.3) is 0 Å². The van der Waals surface area contributed by atoms with Crippen molar-refractivity contribution >= 4 is 37.5 Å². The Hall–Kier alpha value is -1.01. The van der Waals surface area contributed by atoms with Crippen LogP contribution >= 0.6 is 11.3 Å². The molecule has 1 aromatic carbocycles. The summed E-state index contributed by atoms with van der Waals surface area (Å²) in [4.78, 5) is 4.36. The summed E-state index contributed by atoms with van der Waals surface area (Å²) in [5.41, 5.74) is 0.802. The predicted octanol–water partition coefficient (Wildman–Crippen LogP) is 3.00. The van der Waals surface area contributed by atoms with E-state index in [9.17, 15) is 8.60 Å². The van der Waals surface area contributed by atoms with E-state index in [1.54, 1.807) is 12.3 Å². The lowest BCUT2D eigenvalue weighted by Gasteiger charge is -2.07. The summed E-state index contributed by atoms with van der Waals surface area (Å²) >= 11 is 1.43. The van der Waals surface area contributed by atoms with Crippen LogP contribution in [0, 0.1) is 5.82 Å². The summed E-state index contributed by atoms with van der Waals surface area (Å²) in [7, 11) is -0.793. The van der Waals surface area contributed by atoms with Gasteiger partial charge in [-0.1, -0.05) is 18.3 Å². The van der Waals surface area contributed by atoms with E-state index < -0.39 is 10.8 Å². The van der Waals surface area contributed by atoms with Crippen LogP contribution in [0.4, 0.5) is 9.52 Å². The summed E-state index contributed by atoms with van der Waals surface area (Å²) < 4.78 is 25.0.